The average Bonchev–Trinajstić information content (AvgIpc) is 2.88. The molecule has 6 heteroatoms. The van der Waals surface area contributed by atoms with Gasteiger partial charge in [-0.25, -0.2) is 0 Å². The van der Waals surface area contributed by atoms with E-state index >= 15 is 0 Å². The third-order valence-electron chi connectivity index (χ3n) is 3.98. The SMILES string of the molecule is Cc1cc(C)n(C[C@@H](C)CNC(=O)CCC(=O)c2ccc(Cl)cc2)n1. The van der Waals surface area contributed by atoms with Crippen molar-refractivity contribution in [1.82, 2.24) is 15.1 Å². The number of halogens is 1. The first-order valence-electron chi connectivity index (χ1n) is 8.41. The van der Waals surface area contributed by atoms with E-state index in [0.717, 1.165) is 17.9 Å². The molecular formula is C19H24ClN3O2. The Hall–Kier alpha value is -2.14. The van der Waals surface area contributed by atoms with E-state index in [9.17, 15) is 9.59 Å². The Morgan fingerprint density at radius 2 is 1.88 bits per heavy atom. The lowest BCUT2D eigenvalue weighted by molar-refractivity contribution is -0.121. The van der Waals surface area contributed by atoms with Crippen LogP contribution in [-0.2, 0) is 11.3 Å². The molecule has 1 atom stereocenters. The van der Waals surface area contributed by atoms with Gasteiger partial charge in [0.05, 0.1) is 5.69 Å². The van der Waals surface area contributed by atoms with Gasteiger partial charge in [-0.2, -0.15) is 5.10 Å². The number of carbonyl (C=O) groups is 2. The number of nitrogens with zero attached hydrogens (tertiary/aromatic N) is 2. The number of ketones is 1. The number of nitrogens with one attached hydrogen (secondary N) is 1. The molecule has 0 aliphatic carbocycles. The highest BCUT2D eigenvalue weighted by molar-refractivity contribution is 6.30. The summed E-state index contributed by atoms with van der Waals surface area (Å²) in [5, 5.41) is 7.91. The normalized spacial score (nSPS) is 12.0. The van der Waals surface area contributed by atoms with Crippen molar-refractivity contribution in [2.24, 2.45) is 5.92 Å². The Bertz CT molecular complexity index is 738. The maximum Gasteiger partial charge on any atom is 0.220 e. The van der Waals surface area contributed by atoms with Gasteiger partial charge in [0.15, 0.2) is 5.78 Å². The van der Waals surface area contributed by atoms with E-state index in [2.05, 4.69) is 17.3 Å². The van der Waals surface area contributed by atoms with Gasteiger partial charge in [-0.15, -0.1) is 0 Å². The van der Waals surface area contributed by atoms with E-state index in [-0.39, 0.29) is 30.4 Å². The van der Waals surface area contributed by atoms with E-state index in [1.807, 2.05) is 24.6 Å². The summed E-state index contributed by atoms with van der Waals surface area (Å²) in [5.41, 5.74) is 2.69. The molecule has 1 N–H and O–H groups in total. The molecule has 0 saturated carbocycles. The van der Waals surface area contributed by atoms with Crippen LogP contribution in [0.15, 0.2) is 30.3 Å². The standard InChI is InChI=1S/C19H24ClN3O2/c1-13(12-23-15(3)10-14(2)22-23)11-21-19(25)9-8-18(24)16-4-6-17(20)7-5-16/h4-7,10,13H,8-9,11-12H2,1-3H3,(H,21,25)/t13-/m0/s1. The zero-order valence-corrected chi connectivity index (χ0v) is 15.6. The van der Waals surface area contributed by atoms with Crippen molar-refractivity contribution in [2.75, 3.05) is 6.54 Å². The van der Waals surface area contributed by atoms with E-state index in [0.29, 0.717) is 17.1 Å². The highest BCUT2D eigenvalue weighted by atomic mass is 35.5. The number of hydrogen-bond acceptors (Lipinski definition) is 3. The second-order valence-electron chi connectivity index (χ2n) is 6.45. The molecule has 25 heavy (non-hydrogen) atoms. The Morgan fingerprint density at radius 1 is 1.20 bits per heavy atom. The lowest BCUT2D eigenvalue weighted by Crippen LogP contribution is -2.30. The summed E-state index contributed by atoms with van der Waals surface area (Å²) in [6, 6.07) is 8.75. The van der Waals surface area contributed by atoms with Gasteiger partial charge in [-0.05, 0) is 50.1 Å². The second kappa shape index (κ2) is 8.81. The monoisotopic (exact) mass is 361 g/mol. The van der Waals surface area contributed by atoms with Crippen LogP contribution in [0.1, 0.15) is 41.5 Å². The summed E-state index contributed by atoms with van der Waals surface area (Å²) in [5.74, 6) is 0.0963. The number of aromatic nitrogens is 2. The number of hydrogen-bond donors (Lipinski definition) is 1. The number of aryl methyl sites for hydroxylation is 2. The molecule has 0 fully saturated rings. The van der Waals surface area contributed by atoms with Gasteiger partial charge in [-0.1, -0.05) is 18.5 Å². The van der Waals surface area contributed by atoms with Crippen molar-refractivity contribution in [3.63, 3.8) is 0 Å². The fourth-order valence-corrected chi connectivity index (χ4v) is 2.73. The lowest BCUT2D eigenvalue weighted by atomic mass is 10.1. The first kappa shape index (κ1) is 19.2. The van der Waals surface area contributed by atoms with Crippen molar-refractivity contribution < 1.29 is 9.59 Å². The molecule has 0 saturated heterocycles. The third kappa shape index (κ3) is 6.02. The molecular weight excluding hydrogens is 338 g/mol. The third-order valence-corrected chi connectivity index (χ3v) is 4.23. The van der Waals surface area contributed by atoms with E-state index in [1.165, 1.54) is 0 Å². The molecule has 0 unspecified atom stereocenters. The molecule has 0 spiro atoms. The van der Waals surface area contributed by atoms with Crippen LogP contribution in [0.25, 0.3) is 0 Å². The smallest absolute Gasteiger partial charge is 0.220 e. The Balaban J connectivity index is 1.72. The molecule has 134 valence electrons. The Labute approximate surface area is 153 Å². The molecule has 1 amide bonds. The van der Waals surface area contributed by atoms with Crippen LogP contribution < -0.4 is 5.32 Å². The van der Waals surface area contributed by atoms with E-state index in [1.54, 1.807) is 24.3 Å². The van der Waals surface area contributed by atoms with Crippen LogP contribution in [0.5, 0.6) is 0 Å². The van der Waals surface area contributed by atoms with Gasteiger partial charge in [0.2, 0.25) is 5.91 Å². The Morgan fingerprint density at radius 3 is 2.48 bits per heavy atom. The van der Waals surface area contributed by atoms with E-state index < -0.39 is 0 Å². The molecule has 0 bridgehead atoms. The van der Waals surface area contributed by atoms with Crippen LogP contribution in [0, 0.1) is 19.8 Å². The minimum atomic E-state index is -0.109. The highest BCUT2D eigenvalue weighted by Crippen LogP contribution is 2.12. The predicted octanol–water partition coefficient (Wildman–Crippen LogP) is 3.57. The second-order valence-corrected chi connectivity index (χ2v) is 6.88. The summed E-state index contributed by atoms with van der Waals surface area (Å²) in [6.45, 7) is 7.37. The van der Waals surface area contributed by atoms with Crippen molar-refractivity contribution >= 4 is 23.3 Å². The molecule has 0 aliphatic heterocycles. The number of amides is 1. The zero-order chi connectivity index (χ0) is 18.4. The summed E-state index contributed by atoms with van der Waals surface area (Å²) < 4.78 is 1.95. The first-order valence-corrected chi connectivity index (χ1v) is 8.79. The quantitative estimate of drug-likeness (QED) is 0.731. The molecule has 5 nitrogen and oxygen atoms in total. The summed E-state index contributed by atoms with van der Waals surface area (Å²) in [7, 11) is 0. The van der Waals surface area contributed by atoms with Crippen molar-refractivity contribution in [3.05, 3.63) is 52.3 Å². The Kier molecular flexibility index (Phi) is 6.76. The first-order chi connectivity index (χ1) is 11.8. The minimum Gasteiger partial charge on any atom is -0.356 e. The maximum absolute atomic E-state index is 12.0. The van der Waals surface area contributed by atoms with Crippen molar-refractivity contribution in [3.8, 4) is 0 Å². The van der Waals surface area contributed by atoms with Gasteiger partial charge >= 0.3 is 0 Å². The minimum absolute atomic E-state index is 0.0532. The molecule has 2 aromatic rings. The predicted molar refractivity (Wildman–Crippen MR) is 98.9 cm³/mol. The summed E-state index contributed by atoms with van der Waals surface area (Å²) in [6.07, 6.45) is 0.382. The van der Waals surface area contributed by atoms with E-state index in [4.69, 9.17) is 11.6 Å². The molecule has 1 aromatic carbocycles. The summed E-state index contributed by atoms with van der Waals surface area (Å²) in [4.78, 5) is 24.0. The van der Waals surface area contributed by atoms with Crippen LogP contribution in [0.3, 0.4) is 0 Å². The number of rotatable bonds is 8. The molecule has 2 rings (SSSR count). The highest BCUT2D eigenvalue weighted by Gasteiger charge is 2.11. The fraction of sp³-hybridized carbons (Fsp3) is 0.421. The average molecular weight is 362 g/mol. The molecule has 0 radical (unpaired) electrons. The van der Waals surface area contributed by atoms with Gasteiger partial charge in [0.25, 0.3) is 0 Å². The van der Waals surface area contributed by atoms with Gasteiger partial charge in [-0.3, -0.25) is 14.3 Å². The van der Waals surface area contributed by atoms with Gasteiger partial charge in [0, 0.05) is 42.2 Å². The molecule has 1 aromatic heterocycles. The maximum atomic E-state index is 12.0. The van der Waals surface area contributed by atoms with Crippen LogP contribution >= 0.6 is 11.6 Å². The fourth-order valence-electron chi connectivity index (χ4n) is 2.60. The topological polar surface area (TPSA) is 64.0 Å². The lowest BCUT2D eigenvalue weighted by Gasteiger charge is -2.14. The zero-order valence-electron chi connectivity index (χ0n) is 14.9. The van der Waals surface area contributed by atoms with Crippen LogP contribution in [0.2, 0.25) is 5.02 Å². The molecule has 1 heterocycles. The van der Waals surface area contributed by atoms with Gasteiger partial charge in [0.1, 0.15) is 0 Å². The molecule has 0 aliphatic rings. The largest absolute Gasteiger partial charge is 0.356 e. The summed E-state index contributed by atoms with van der Waals surface area (Å²) >= 11 is 5.80. The van der Waals surface area contributed by atoms with Crippen molar-refractivity contribution in [2.45, 2.75) is 40.2 Å². The number of Topliss-reactive ketones (excluding diaryl/α,β-unsaturated/α-hetero) is 1. The van der Waals surface area contributed by atoms with Gasteiger partial charge < -0.3 is 5.32 Å². The van der Waals surface area contributed by atoms with Crippen LogP contribution in [-0.4, -0.2) is 28.0 Å². The number of carbonyl (C=O) groups excluding carboxylic acids is 2. The number of benzene rings is 1. The van der Waals surface area contributed by atoms with Crippen LogP contribution in [0.4, 0.5) is 0 Å². The van der Waals surface area contributed by atoms with Crippen molar-refractivity contribution in [1.29, 1.82) is 0 Å².